The molecule has 0 fully saturated rings. The molecule has 0 N–H and O–H groups in total. The first kappa shape index (κ1) is 15.0. The Bertz CT molecular complexity index is 920. The zero-order chi connectivity index (χ0) is 16.4. The van der Waals surface area contributed by atoms with Crippen molar-refractivity contribution in [2.45, 2.75) is 13.8 Å². The maximum absolute atomic E-state index is 12.7. The fraction of sp³-hybridized carbons (Fsp3) is 0.158. The summed E-state index contributed by atoms with van der Waals surface area (Å²) in [4.78, 5) is 23.9. The molecule has 0 aliphatic heterocycles. The molecule has 0 saturated heterocycles. The molecule has 2 aromatic carbocycles. The summed E-state index contributed by atoms with van der Waals surface area (Å²) in [7, 11) is 0. The van der Waals surface area contributed by atoms with Crippen molar-refractivity contribution in [3.05, 3.63) is 64.3 Å². The second-order valence-corrected chi connectivity index (χ2v) is 5.44. The quantitative estimate of drug-likeness (QED) is 0.737. The number of Topliss-reactive ketones (excluding diaryl/α,β-unsaturated/α-hetero) is 1. The summed E-state index contributed by atoms with van der Waals surface area (Å²) >= 11 is 0. The monoisotopic (exact) mass is 308 g/mol. The van der Waals surface area contributed by atoms with Crippen LogP contribution in [0.2, 0.25) is 0 Å². The van der Waals surface area contributed by atoms with Crippen LogP contribution >= 0.6 is 0 Å². The van der Waals surface area contributed by atoms with E-state index in [1.807, 2.05) is 31.2 Å². The number of hydrogen-bond acceptors (Lipinski definition) is 4. The molecule has 0 bridgehead atoms. The average Bonchev–Trinajstić information content (AvgIpc) is 2.54. The normalized spacial score (nSPS) is 10.7. The highest BCUT2D eigenvalue weighted by Gasteiger charge is 2.17. The van der Waals surface area contributed by atoms with Crippen LogP contribution in [-0.2, 0) is 4.79 Å². The Hall–Kier alpha value is -2.88. The lowest BCUT2D eigenvalue weighted by Gasteiger charge is -2.11. The van der Waals surface area contributed by atoms with Crippen molar-refractivity contribution in [1.29, 1.82) is 0 Å². The molecule has 1 heterocycles. The van der Waals surface area contributed by atoms with Crippen molar-refractivity contribution >= 4 is 16.8 Å². The van der Waals surface area contributed by atoms with Crippen molar-refractivity contribution in [3.8, 4) is 17.1 Å². The topological polar surface area (TPSA) is 56.5 Å². The Morgan fingerprint density at radius 3 is 2.48 bits per heavy atom. The van der Waals surface area contributed by atoms with E-state index < -0.39 is 0 Å². The summed E-state index contributed by atoms with van der Waals surface area (Å²) in [6.45, 7) is 3.23. The summed E-state index contributed by atoms with van der Waals surface area (Å²) < 4.78 is 11.4. The van der Waals surface area contributed by atoms with E-state index in [1.165, 1.54) is 6.92 Å². The van der Waals surface area contributed by atoms with Gasteiger partial charge in [-0.15, -0.1) is 0 Å². The first-order chi connectivity index (χ1) is 11.1. The molecule has 3 aromatic rings. The van der Waals surface area contributed by atoms with Gasteiger partial charge in [0.15, 0.2) is 11.5 Å². The minimum Gasteiger partial charge on any atom is -0.478 e. The van der Waals surface area contributed by atoms with Gasteiger partial charge in [0, 0.05) is 5.56 Å². The summed E-state index contributed by atoms with van der Waals surface area (Å²) in [6, 6.07) is 14.6. The number of ketones is 1. The van der Waals surface area contributed by atoms with Gasteiger partial charge in [-0.2, -0.15) is 0 Å². The van der Waals surface area contributed by atoms with E-state index in [-0.39, 0.29) is 23.6 Å². The number of ether oxygens (including phenoxy) is 1. The number of carbonyl (C=O) groups is 1. The van der Waals surface area contributed by atoms with Crippen LogP contribution in [0, 0.1) is 6.92 Å². The number of carbonyl (C=O) groups excluding carboxylic acids is 1. The Morgan fingerprint density at radius 2 is 1.78 bits per heavy atom. The molecule has 23 heavy (non-hydrogen) atoms. The zero-order valence-corrected chi connectivity index (χ0v) is 13.0. The van der Waals surface area contributed by atoms with E-state index in [0.29, 0.717) is 16.7 Å². The molecule has 4 nitrogen and oxygen atoms in total. The zero-order valence-electron chi connectivity index (χ0n) is 13.0. The standard InChI is InChI=1S/C19H16O4/c1-12-7-9-14(10-8-12)18-19(22-11-13(2)20)17(21)15-5-3-4-6-16(15)23-18/h3-10H,11H2,1-2H3. The first-order valence-corrected chi connectivity index (χ1v) is 7.31. The predicted octanol–water partition coefficient (Wildman–Crippen LogP) is 3.74. The van der Waals surface area contributed by atoms with Crippen LogP contribution in [0.25, 0.3) is 22.3 Å². The van der Waals surface area contributed by atoms with Crippen LogP contribution < -0.4 is 10.2 Å². The molecule has 0 spiro atoms. The van der Waals surface area contributed by atoms with Gasteiger partial charge in [0.1, 0.15) is 12.2 Å². The van der Waals surface area contributed by atoms with Gasteiger partial charge in [0.25, 0.3) is 0 Å². The Balaban J connectivity index is 2.24. The number of benzene rings is 2. The van der Waals surface area contributed by atoms with E-state index in [1.54, 1.807) is 24.3 Å². The van der Waals surface area contributed by atoms with Crippen LogP contribution in [0.15, 0.2) is 57.7 Å². The van der Waals surface area contributed by atoms with Gasteiger partial charge in [0.05, 0.1) is 5.39 Å². The maximum atomic E-state index is 12.7. The summed E-state index contributed by atoms with van der Waals surface area (Å²) in [6.07, 6.45) is 0. The molecule has 0 atom stereocenters. The van der Waals surface area contributed by atoms with Crippen molar-refractivity contribution in [2.75, 3.05) is 6.61 Å². The van der Waals surface area contributed by atoms with Crippen LogP contribution in [0.1, 0.15) is 12.5 Å². The molecule has 1 aromatic heterocycles. The minimum absolute atomic E-state index is 0.0720. The summed E-state index contributed by atoms with van der Waals surface area (Å²) in [5.41, 5.74) is 2.05. The Kier molecular flexibility index (Phi) is 3.98. The SMILES string of the molecule is CC(=O)COc1c(-c2ccc(C)cc2)oc2ccccc2c1=O. The highest BCUT2D eigenvalue weighted by molar-refractivity contribution is 5.82. The van der Waals surface area contributed by atoms with Gasteiger partial charge in [-0.05, 0) is 26.0 Å². The molecule has 4 heteroatoms. The van der Waals surface area contributed by atoms with Gasteiger partial charge in [-0.1, -0.05) is 42.0 Å². The number of fused-ring (bicyclic) bond motifs is 1. The summed E-state index contributed by atoms with van der Waals surface area (Å²) in [5, 5.41) is 0.432. The number of para-hydroxylation sites is 1. The van der Waals surface area contributed by atoms with Gasteiger partial charge in [-0.25, -0.2) is 0 Å². The van der Waals surface area contributed by atoms with Crippen molar-refractivity contribution in [1.82, 2.24) is 0 Å². The molecule has 0 saturated carbocycles. The molecule has 0 aliphatic rings. The van der Waals surface area contributed by atoms with Crippen molar-refractivity contribution in [2.24, 2.45) is 0 Å². The fourth-order valence-electron chi connectivity index (χ4n) is 2.32. The van der Waals surface area contributed by atoms with Gasteiger partial charge >= 0.3 is 0 Å². The second-order valence-electron chi connectivity index (χ2n) is 5.44. The minimum atomic E-state index is -0.274. The molecule has 0 amide bonds. The molecule has 0 aliphatic carbocycles. The van der Waals surface area contributed by atoms with Crippen molar-refractivity contribution in [3.63, 3.8) is 0 Å². The Labute approximate surface area is 133 Å². The summed E-state index contributed by atoms with van der Waals surface area (Å²) in [5.74, 6) is 0.255. The average molecular weight is 308 g/mol. The number of rotatable bonds is 4. The van der Waals surface area contributed by atoms with Crippen LogP contribution in [-0.4, -0.2) is 12.4 Å². The maximum Gasteiger partial charge on any atom is 0.235 e. The molecule has 0 unspecified atom stereocenters. The lowest BCUT2D eigenvalue weighted by Crippen LogP contribution is -2.14. The number of aryl methyl sites for hydroxylation is 1. The molecular weight excluding hydrogens is 292 g/mol. The van der Waals surface area contributed by atoms with E-state index in [2.05, 4.69) is 0 Å². The Morgan fingerprint density at radius 1 is 1.09 bits per heavy atom. The lowest BCUT2D eigenvalue weighted by molar-refractivity contribution is -0.118. The lowest BCUT2D eigenvalue weighted by atomic mass is 10.1. The van der Waals surface area contributed by atoms with Gasteiger partial charge in [-0.3, -0.25) is 9.59 Å². The van der Waals surface area contributed by atoms with Gasteiger partial charge < -0.3 is 9.15 Å². The fourth-order valence-corrected chi connectivity index (χ4v) is 2.32. The van der Waals surface area contributed by atoms with E-state index in [9.17, 15) is 9.59 Å². The predicted molar refractivity (Wildman–Crippen MR) is 88.8 cm³/mol. The van der Waals surface area contributed by atoms with Crippen LogP contribution in [0.4, 0.5) is 0 Å². The van der Waals surface area contributed by atoms with Crippen LogP contribution in [0.5, 0.6) is 5.75 Å². The van der Waals surface area contributed by atoms with Crippen molar-refractivity contribution < 1.29 is 13.9 Å². The highest BCUT2D eigenvalue weighted by Crippen LogP contribution is 2.30. The molecule has 116 valence electrons. The highest BCUT2D eigenvalue weighted by atomic mass is 16.5. The third kappa shape index (κ3) is 3.01. The van der Waals surface area contributed by atoms with Crippen LogP contribution in [0.3, 0.4) is 0 Å². The molecular formula is C19H16O4. The molecule has 3 rings (SSSR count). The third-order valence-electron chi connectivity index (χ3n) is 3.49. The van der Waals surface area contributed by atoms with Gasteiger partial charge in [0.2, 0.25) is 11.2 Å². The van der Waals surface area contributed by atoms with E-state index in [4.69, 9.17) is 9.15 Å². The molecule has 0 radical (unpaired) electrons. The van der Waals surface area contributed by atoms with E-state index in [0.717, 1.165) is 11.1 Å². The first-order valence-electron chi connectivity index (χ1n) is 7.31. The second kappa shape index (κ2) is 6.08. The van der Waals surface area contributed by atoms with E-state index >= 15 is 0 Å². The number of hydrogen-bond donors (Lipinski definition) is 0. The third-order valence-corrected chi connectivity index (χ3v) is 3.49. The smallest absolute Gasteiger partial charge is 0.235 e. The largest absolute Gasteiger partial charge is 0.478 e.